The summed E-state index contributed by atoms with van der Waals surface area (Å²) in [5, 5.41) is 22.6. The lowest BCUT2D eigenvalue weighted by Crippen LogP contribution is -2.08. The van der Waals surface area contributed by atoms with Gasteiger partial charge in [-0.15, -0.1) is 5.10 Å². The number of aromatic nitrogens is 4. The summed E-state index contributed by atoms with van der Waals surface area (Å²) < 4.78 is 6.69. The number of carbonyl (C=O) groups excluding carboxylic acids is 1. The van der Waals surface area contributed by atoms with E-state index >= 15 is 0 Å². The molecule has 0 aliphatic heterocycles. The molecular weight excluding hydrogens is 382 g/mol. The SMILES string of the molecule is Cn1nnnc1Sc1ccc([N+](=O)[O-])cc1C(=O)OC/C=C/c1ccccc1. The molecule has 142 valence electrons. The third-order valence-corrected chi connectivity index (χ3v) is 4.70. The van der Waals surface area contributed by atoms with Crippen molar-refractivity contribution in [3.05, 3.63) is 75.8 Å². The molecule has 3 rings (SSSR count). The third kappa shape index (κ3) is 4.80. The highest BCUT2D eigenvalue weighted by molar-refractivity contribution is 7.99. The van der Waals surface area contributed by atoms with Crippen LogP contribution in [0.15, 0.2) is 64.7 Å². The molecule has 0 saturated heterocycles. The van der Waals surface area contributed by atoms with Crippen LogP contribution >= 0.6 is 11.8 Å². The molecule has 9 nitrogen and oxygen atoms in total. The van der Waals surface area contributed by atoms with E-state index in [1.54, 1.807) is 13.1 Å². The number of nitrogens with zero attached hydrogens (tertiary/aromatic N) is 5. The van der Waals surface area contributed by atoms with Crippen molar-refractivity contribution in [1.29, 1.82) is 0 Å². The predicted molar refractivity (Wildman–Crippen MR) is 102 cm³/mol. The van der Waals surface area contributed by atoms with Gasteiger partial charge in [0.05, 0.1) is 10.5 Å². The Bertz CT molecular complexity index is 1020. The highest BCUT2D eigenvalue weighted by Crippen LogP contribution is 2.31. The molecule has 0 bridgehead atoms. The first kappa shape index (κ1) is 19.2. The topological polar surface area (TPSA) is 113 Å². The standard InChI is InChI=1S/C18H15N5O4S/c1-22-18(19-20-21-22)28-16-10-9-14(23(25)26)12-15(16)17(24)27-11-5-8-13-6-3-2-4-7-13/h2-10,12H,11H2,1H3/b8-5+. The summed E-state index contributed by atoms with van der Waals surface area (Å²) >= 11 is 1.12. The largest absolute Gasteiger partial charge is 0.458 e. The van der Waals surface area contributed by atoms with Crippen molar-refractivity contribution >= 4 is 29.5 Å². The summed E-state index contributed by atoms with van der Waals surface area (Å²) in [6.07, 6.45) is 3.52. The first-order valence-electron chi connectivity index (χ1n) is 8.12. The van der Waals surface area contributed by atoms with Crippen molar-refractivity contribution in [2.24, 2.45) is 7.05 Å². The Morgan fingerprint density at radius 2 is 2.07 bits per heavy atom. The van der Waals surface area contributed by atoms with E-state index in [9.17, 15) is 14.9 Å². The van der Waals surface area contributed by atoms with Crippen molar-refractivity contribution < 1.29 is 14.5 Å². The molecule has 0 atom stereocenters. The van der Waals surface area contributed by atoms with Crippen LogP contribution in [0.3, 0.4) is 0 Å². The molecule has 0 saturated carbocycles. The van der Waals surface area contributed by atoms with Crippen molar-refractivity contribution in [3.8, 4) is 0 Å². The van der Waals surface area contributed by atoms with Crippen LogP contribution in [0.4, 0.5) is 5.69 Å². The number of ether oxygens (including phenoxy) is 1. The fraction of sp³-hybridized carbons (Fsp3) is 0.111. The minimum Gasteiger partial charge on any atom is -0.458 e. The van der Waals surface area contributed by atoms with Gasteiger partial charge < -0.3 is 4.74 Å². The fourth-order valence-corrected chi connectivity index (χ4v) is 3.07. The maximum atomic E-state index is 12.5. The lowest BCUT2D eigenvalue weighted by molar-refractivity contribution is -0.384. The van der Waals surface area contributed by atoms with E-state index in [0.29, 0.717) is 10.1 Å². The average Bonchev–Trinajstić information content (AvgIpc) is 3.10. The highest BCUT2D eigenvalue weighted by atomic mass is 32.2. The average molecular weight is 397 g/mol. The number of esters is 1. The van der Waals surface area contributed by atoms with Crippen molar-refractivity contribution in [2.75, 3.05) is 6.61 Å². The number of carbonyl (C=O) groups is 1. The maximum Gasteiger partial charge on any atom is 0.339 e. The maximum absolute atomic E-state index is 12.5. The number of nitro benzene ring substituents is 1. The zero-order valence-electron chi connectivity index (χ0n) is 14.8. The molecule has 0 spiro atoms. The number of non-ortho nitro benzene ring substituents is 1. The summed E-state index contributed by atoms with van der Waals surface area (Å²) in [4.78, 5) is 23.5. The minimum absolute atomic E-state index is 0.0338. The first-order chi connectivity index (χ1) is 13.5. The van der Waals surface area contributed by atoms with Gasteiger partial charge in [-0.3, -0.25) is 10.1 Å². The summed E-state index contributed by atoms with van der Waals surface area (Å²) in [5.74, 6) is -0.668. The monoisotopic (exact) mass is 397 g/mol. The number of aryl methyl sites for hydroxylation is 1. The van der Waals surface area contributed by atoms with Crippen molar-refractivity contribution in [3.63, 3.8) is 0 Å². The van der Waals surface area contributed by atoms with E-state index in [1.165, 1.54) is 22.9 Å². The van der Waals surface area contributed by atoms with Gasteiger partial charge in [-0.05, 0) is 39.9 Å². The lowest BCUT2D eigenvalue weighted by Gasteiger charge is -2.08. The van der Waals surface area contributed by atoms with Gasteiger partial charge in [0.25, 0.3) is 5.69 Å². The van der Waals surface area contributed by atoms with Gasteiger partial charge in [-0.2, -0.15) is 0 Å². The summed E-state index contributed by atoms with van der Waals surface area (Å²) in [5.41, 5.74) is 0.849. The summed E-state index contributed by atoms with van der Waals surface area (Å²) in [6.45, 7) is 0.0338. The second-order valence-corrected chi connectivity index (χ2v) is 6.55. The van der Waals surface area contributed by atoms with Crippen LogP contribution < -0.4 is 0 Å². The van der Waals surface area contributed by atoms with Crippen LogP contribution in [0.5, 0.6) is 0 Å². The molecule has 1 heterocycles. The van der Waals surface area contributed by atoms with E-state index in [2.05, 4.69) is 15.5 Å². The Hall–Kier alpha value is -3.53. The molecule has 0 unspecified atom stereocenters. The molecule has 0 fully saturated rings. The van der Waals surface area contributed by atoms with Crippen LogP contribution in [-0.2, 0) is 11.8 Å². The van der Waals surface area contributed by atoms with Crippen LogP contribution in [0.25, 0.3) is 6.08 Å². The lowest BCUT2D eigenvalue weighted by atomic mass is 10.2. The fourth-order valence-electron chi connectivity index (χ4n) is 2.24. The molecule has 0 radical (unpaired) electrons. The first-order valence-corrected chi connectivity index (χ1v) is 8.93. The number of nitro groups is 1. The normalized spacial score (nSPS) is 10.9. The predicted octanol–water partition coefficient (Wildman–Crippen LogP) is 3.14. The second-order valence-electron chi connectivity index (χ2n) is 5.54. The molecule has 28 heavy (non-hydrogen) atoms. The van der Waals surface area contributed by atoms with Gasteiger partial charge in [0, 0.05) is 24.1 Å². The number of rotatable bonds is 7. The van der Waals surface area contributed by atoms with Gasteiger partial charge >= 0.3 is 5.97 Å². The Labute approximate surface area is 164 Å². The van der Waals surface area contributed by atoms with E-state index in [0.717, 1.165) is 17.3 Å². The minimum atomic E-state index is -0.668. The Morgan fingerprint density at radius 1 is 1.29 bits per heavy atom. The molecular formula is C18H15N5O4S. The van der Waals surface area contributed by atoms with Crippen LogP contribution in [0.1, 0.15) is 15.9 Å². The van der Waals surface area contributed by atoms with E-state index in [4.69, 9.17) is 4.74 Å². The van der Waals surface area contributed by atoms with Gasteiger partial charge in [-0.25, -0.2) is 9.48 Å². The molecule has 0 aliphatic rings. The van der Waals surface area contributed by atoms with Crippen molar-refractivity contribution in [1.82, 2.24) is 20.2 Å². The van der Waals surface area contributed by atoms with Crippen LogP contribution in [0, 0.1) is 10.1 Å². The molecule has 1 aromatic heterocycles. The van der Waals surface area contributed by atoms with Crippen LogP contribution in [-0.4, -0.2) is 37.7 Å². The summed E-state index contributed by atoms with van der Waals surface area (Å²) in [7, 11) is 1.65. The zero-order chi connectivity index (χ0) is 19.9. The van der Waals surface area contributed by atoms with E-state index < -0.39 is 10.9 Å². The quantitative estimate of drug-likeness (QED) is 0.339. The van der Waals surface area contributed by atoms with Gasteiger partial charge in [-0.1, -0.05) is 36.4 Å². The van der Waals surface area contributed by atoms with Crippen LogP contribution in [0.2, 0.25) is 0 Å². The highest BCUT2D eigenvalue weighted by Gasteiger charge is 2.20. The number of hydrogen-bond acceptors (Lipinski definition) is 8. The van der Waals surface area contributed by atoms with Gasteiger partial charge in [0.2, 0.25) is 5.16 Å². The zero-order valence-corrected chi connectivity index (χ0v) is 15.6. The Morgan fingerprint density at radius 3 is 2.75 bits per heavy atom. The second kappa shape index (κ2) is 8.91. The molecule has 0 amide bonds. The molecule has 0 N–H and O–H groups in total. The molecule has 10 heteroatoms. The summed E-state index contributed by atoms with van der Waals surface area (Å²) in [6, 6.07) is 13.5. The van der Waals surface area contributed by atoms with E-state index in [1.807, 2.05) is 36.4 Å². The Balaban J connectivity index is 1.76. The molecule has 2 aromatic carbocycles. The molecule has 3 aromatic rings. The third-order valence-electron chi connectivity index (χ3n) is 3.60. The van der Waals surface area contributed by atoms with Gasteiger partial charge in [0.1, 0.15) is 6.61 Å². The number of hydrogen-bond donors (Lipinski definition) is 0. The van der Waals surface area contributed by atoms with E-state index in [-0.39, 0.29) is 17.9 Å². The van der Waals surface area contributed by atoms with Gasteiger partial charge in [0.15, 0.2) is 0 Å². The van der Waals surface area contributed by atoms with Crippen molar-refractivity contribution in [2.45, 2.75) is 10.1 Å². The molecule has 0 aliphatic carbocycles. The number of tetrazole rings is 1. The smallest absolute Gasteiger partial charge is 0.339 e. The Kier molecular flexibility index (Phi) is 6.12. The number of benzene rings is 2.